The molecule has 0 aliphatic rings. The Bertz CT molecular complexity index is 329. The highest BCUT2D eigenvalue weighted by molar-refractivity contribution is 5.79. The molecule has 0 spiro atoms. The molecule has 1 aromatic heterocycles. The van der Waals surface area contributed by atoms with Crippen molar-refractivity contribution in [3.8, 4) is 0 Å². The fourth-order valence-electron chi connectivity index (χ4n) is 1.19. The Kier molecular flexibility index (Phi) is 2.93. The Morgan fingerprint density at radius 1 is 1.64 bits per heavy atom. The number of nitrogens with zero attached hydrogens (tertiary/aromatic N) is 1. The molecule has 0 saturated heterocycles. The summed E-state index contributed by atoms with van der Waals surface area (Å²) in [5.74, 6) is -0.855. The average Bonchev–Trinajstić information content (AvgIpc) is 2.53. The van der Waals surface area contributed by atoms with E-state index in [1.54, 1.807) is 13.8 Å². The maximum absolute atomic E-state index is 10.9. The van der Waals surface area contributed by atoms with E-state index in [2.05, 4.69) is 17.1 Å². The smallest absolute Gasteiger partial charge is 0.315 e. The van der Waals surface area contributed by atoms with E-state index in [4.69, 9.17) is 5.11 Å². The predicted molar refractivity (Wildman–Crippen MR) is 53.2 cm³/mol. The summed E-state index contributed by atoms with van der Waals surface area (Å²) in [7, 11) is 0. The number of aromatic amines is 1. The van der Waals surface area contributed by atoms with Crippen LogP contribution in [0.15, 0.2) is 6.07 Å². The van der Waals surface area contributed by atoms with Crippen LogP contribution in [0.25, 0.3) is 0 Å². The van der Waals surface area contributed by atoms with E-state index in [-0.39, 0.29) is 0 Å². The summed E-state index contributed by atoms with van der Waals surface area (Å²) in [5.41, 5.74) is 0.674. The molecule has 4 nitrogen and oxygen atoms in total. The monoisotopic (exact) mass is 196 g/mol. The van der Waals surface area contributed by atoms with Crippen LogP contribution in [0.3, 0.4) is 0 Å². The summed E-state index contributed by atoms with van der Waals surface area (Å²) in [5, 5.41) is 15.9. The molecular formula is C10H16N2O2. The van der Waals surface area contributed by atoms with Gasteiger partial charge in [0, 0.05) is 5.69 Å². The highest BCUT2D eigenvalue weighted by Crippen LogP contribution is 2.22. The first-order chi connectivity index (χ1) is 6.48. The van der Waals surface area contributed by atoms with Crippen molar-refractivity contribution in [2.45, 2.75) is 39.0 Å². The standard InChI is InChI=1S/C10H16N2O2/c1-4-5-7-6-8(12-11-7)10(2,3)9(13)14/h6H,4-5H2,1-3H3,(H,11,12)(H,13,14). The number of hydrogen-bond donors (Lipinski definition) is 2. The lowest BCUT2D eigenvalue weighted by molar-refractivity contribution is -0.142. The Labute approximate surface area is 83.3 Å². The highest BCUT2D eigenvalue weighted by atomic mass is 16.4. The molecule has 78 valence electrons. The van der Waals surface area contributed by atoms with Gasteiger partial charge in [-0.05, 0) is 26.3 Å². The summed E-state index contributed by atoms with van der Waals surface area (Å²) in [6.45, 7) is 5.38. The minimum Gasteiger partial charge on any atom is -0.481 e. The first kappa shape index (κ1) is 10.8. The van der Waals surface area contributed by atoms with E-state index in [0.717, 1.165) is 18.5 Å². The van der Waals surface area contributed by atoms with Gasteiger partial charge >= 0.3 is 5.97 Å². The molecule has 1 heterocycles. The van der Waals surface area contributed by atoms with Gasteiger partial charge in [-0.3, -0.25) is 9.89 Å². The van der Waals surface area contributed by atoms with Crippen molar-refractivity contribution < 1.29 is 9.90 Å². The number of carboxylic acid groups (broad SMARTS) is 1. The molecule has 0 atom stereocenters. The second kappa shape index (κ2) is 3.82. The van der Waals surface area contributed by atoms with E-state index >= 15 is 0 Å². The first-order valence-corrected chi connectivity index (χ1v) is 4.76. The van der Waals surface area contributed by atoms with E-state index in [1.165, 1.54) is 0 Å². The van der Waals surface area contributed by atoms with E-state index < -0.39 is 11.4 Å². The molecule has 0 aromatic carbocycles. The van der Waals surface area contributed by atoms with Gasteiger partial charge in [0.2, 0.25) is 0 Å². The third-order valence-corrected chi connectivity index (χ3v) is 2.33. The van der Waals surface area contributed by atoms with Crippen molar-refractivity contribution in [3.05, 3.63) is 17.5 Å². The van der Waals surface area contributed by atoms with Crippen LogP contribution in [-0.4, -0.2) is 21.3 Å². The number of carboxylic acids is 1. The van der Waals surface area contributed by atoms with E-state index in [0.29, 0.717) is 5.69 Å². The maximum Gasteiger partial charge on any atom is 0.315 e. The number of aromatic nitrogens is 2. The predicted octanol–water partition coefficient (Wildman–Crippen LogP) is 1.72. The number of rotatable bonds is 4. The Hall–Kier alpha value is -1.32. The topological polar surface area (TPSA) is 66.0 Å². The highest BCUT2D eigenvalue weighted by Gasteiger charge is 2.31. The fraction of sp³-hybridized carbons (Fsp3) is 0.600. The number of nitrogens with one attached hydrogen (secondary N) is 1. The zero-order valence-corrected chi connectivity index (χ0v) is 8.79. The minimum absolute atomic E-state index is 0.591. The van der Waals surface area contributed by atoms with Gasteiger partial charge in [-0.15, -0.1) is 0 Å². The lowest BCUT2D eigenvalue weighted by Gasteiger charge is -2.15. The third kappa shape index (κ3) is 1.95. The SMILES string of the molecule is CCCc1cc(C(C)(C)C(=O)O)n[nH]1. The van der Waals surface area contributed by atoms with Crippen molar-refractivity contribution in [1.29, 1.82) is 0 Å². The van der Waals surface area contributed by atoms with Gasteiger partial charge in [0.1, 0.15) is 5.41 Å². The van der Waals surface area contributed by atoms with Gasteiger partial charge in [0.15, 0.2) is 0 Å². The zero-order chi connectivity index (χ0) is 10.8. The molecule has 0 aliphatic heterocycles. The largest absolute Gasteiger partial charge is 0.481 e. The van der Waals surface area contributed by atoms with Crippen LogP contribution in [0.1, 0.15) is 38.6 Å². The number of H-pyrrole nitrogens is 1. The molecule has 1 aromatic rings. The second-order valence-electron chi connectivity index (χ2n) is 3.96. The van der Waals surface area contributed by atoms with Gasteiger partial charge in [-0.2, -0.15) is 5.10 Å². The zero-order valence-electron chi connectivity index (χ0n) is 8.79. The molecule has 0 aliphatic carbocycles. The van der Waals surface area contributed by atoms with Crippen LogP contribution >= 0.6 is 0 Å². The Balaban J connectivity index is 2.91. The summed E-state index contributed by atoms with van der Waals surface area (Å²) in [4.78, 5) is 10.9. The molecule has 0 unspecified atom stereocenters. The molecule has 0 saturated carbocycles. The molecule has 4 heteroatoms. The number of aryl methyl sites for hydroxylation is 1. The van der Waals surface area contributed by atoms with Crippen LogP contribution < -0.4 is 0 Å². The summed E-state index contributed by atoms with van der Waals surface area (Å²) < 4.78 is 0. The second-order valence-corrected chi connectivity index (χ2v) is 3.96. The van der Waals surface area contributed by atoms with Crippen LogP contribution in [-0.2, 0) is 16.6 Å². The van der Waals surface area contributed by atoms with Crippen molar-refractivity contribution in [2.24, 2.45) is 0 Å². The fourth-order valence-corrected chi connectivity index (χ4v) is 1.19. The molecule has 0 amide bonds. The van der Waals surface area contributed by atoms with Crippen LogP contribution in [0.4, 0.5) is 0 Å². The quantitative estimate of drug-likeness (QED) is 0.770. The van der Waals surface area contributed by atoms with Gasteiger partial charge in [-0.25, -0.2) is 0 Å². The molecule has 1 rings (SSSR count). The minimum atomic E-state index is -0.914. The van der Waals surface area contributed by atoms with Crippen molar-refractivity contribution in [3.63, 3.8) is 0 Å². The molecule has 0 fully saturated rings. The Morgan fingerprint density at radius 2 is 2.29 bits per heavy atom. The summed E-state index contributed by atoms with van der Waals surface area (Å²) in [6.07, 6.45) is 1.93. The first-order valence-electron chi connectivity index (χ1n) is 4.76. The lowest BCUT2D eigenvalue weighted by Crippen LogP contribution is -2.28. The van der Waals surface area contributed by atoms with Gasteiger partial charge < -0.3 is 5.11 Å². The Morgan fingerprint density at radius 3 is 2.79 bits per heavy atom. The summed E-state index contributed by atoms with van der Waals surface area (Å²) in [6, 6.07) is 1.83. The molecular weight excluding hydrogens is 180 g/mol. The van der Waals surface area contributed by atoms with E-state index in [9.17, 15) is 4.79 Å². The maximum atomic E-state index is 10.9. The van der Waals surface area contributed by atoms with Gasteiger partial charge in [0.05, 0.1) is 5.69 Å². The third-order valence-electron chi connectivity index (χ3n) is 2.33. The number of carbonyl (C=O) groups is 1. The lowest BCUT2D eigenvalue weighted by atomic mass is 9.89. The molecule has 14 heavy (non-hydrogen) atoms. The normalized spacial score (nSPS) is 11.6. The molecule has 0 radical (unpaired) electrons. The average molecular weight is 196 g/mol. The van der Waals surface area contributed by atoms with Crippen LogP contribution in [0.2, 0.25) is 0 Å². The van der Waals surface area contributed by atoms with Crippen LogP contribution in [0, 0.1) is 0 Å². The van der Waals surface area contributed by atoms with Crippen molar-refractivity contribution >= 4 is 5.97 Å². The molecule has 2 N–H and O–H groups in total. The van der Waals surface area contributed by atoms with Crippen molar-refractivity contribution in [2.75, 3.05) is 0 Å². The number of aliphatic carboxylic acids is 1. The molecule has 0 bridgehead atoms. The van der Waals surface area contributed by atoms with Crippen molar-refractivity contribution in [1.82, 2.24) is 10.2 Å². The van der Waals surface area contributed by atoms with E-state index in [1.807, 2.05) is 6.07 Å². The van der Waals surface area contributed by atoms with Gasteiger partial charge in [-0.1, -0.05) is 13.3 Å². The number of hydrogen-bond acceptors (Lipinski definition) is 2. The van der Waals surface area contributed by atoms with Gasteiger partial charge in [0.25, 0.3) is 0 Å². The summed E-state index contributed by atoms with van der Waals surface area (Å²) >= 11 is 0. The van der Waals surface area contributed by atoms with Crippen LogP contribution in [0.5, 0.6) is 0 Å².